The molecule has 1 aliphatic heterocycles. The number of nitrogens with zero attached hydrogens (tertiary/aromatic N) is 2. The van der Waals surface area contributed by atoms with E-state index in [1.54, 1.807) is 41.5 Å². The van der Waals surface area contributed by atoms with Gasteiger partial charge in [0.2, 0.25) is 0 Å². The molecule has 0 aromatic carbocycles. The van der Waals surface area contributed by atoms with E-state index >= 15 is 0 Å². The summed E-state index contributed by atoms with van der Waals surface area (Å²) in [5, 5.41) is 5.20. The van der Waals surface area contributed by atoms with Gasteiger partial charge in [-0.3, -0.25) is 4.57 Å². The molecule has 1 saturated heterocycles. The Morgan fingerprint density at radius 2 is 1.51 bits per heavy atom. The highest BCUT2D eigenvalue weighted by molar-refractivity contribution is 6.74. The summed E-state index contributed by atoms with van der Waals surface area (Å²) in [6.45, 7) is 32.6. The molecular weight excluding hydrogens is 767 g/mol. The Morgan fingerprint density at radius 1 is 0.930 bits per heavy atom. The minimum Gasteiger partial charge on any atom is -0.451 e. The van der Waals surface area contributed by atoms with Crippen molar-refractivity contribution < 1.29 is 42.2 Å². The van der Waals surface area contributed by atoms with E-state index in [0.29, 0.717) is 32.4 Å². The first-order valence-corrected chi connectivity index (χ1v) is 25.6. The average molecular weight is 838 g/mol. The Hall–Kier alpha value is -3.44. The molecule has 4 atom stereocenters. The molecule has 0 saturated carbocycles. The largest absolute Gasteiger partial charge is 0.451 e. The zero-order valence-corrected chi connectivity index (χ0v) is 39.4. The Balaban J connectivity index is 2.22. The summed E-state index contributed by atoms with van der Waals surface area (Å²) in [6, 6.07) is -1.04. The van der Waals surface area contributed by atoms with Crippen LogP contribution in [-0.2, 0) is 32.6 Å². The zero-order valence-electron chi connectivity index (χ0n) is 37.4. The first-order valence-electron chi connectivity index (χ1n) is 19.8. The van der Waals surface area contributed by atoms with Crippen LogP contribution in [0.4, 0.5) is 15.4 Å². The summed E-state index contributed by atoms with van der Waals surface area (Å²) >= 11 is 0. The molecule has 17 heteroatoms. The predicted octanol–water partition coefficient (Wildman–Crippen LogP) is 7.01. The maximum atomic E-state index is 13.2. The van der Waals surface area contributed by atoms with Crippen LogP contribution in [0.3, 0.4) is 0 Å². The smallest absolute Gasteiger partial charge is 0.408 e. The molecular formula is C40H71N5O10Si2. The van der Waals surface area contributed by atoms with Crippen molar-refractivity contribution in [1.29, 1.82) is 0 Å². The van der Waals surface area contributed by atoms with Gasteiger partial charge in [-0.1, -0.05) is 53.4 Å². The molecule has 0 spiro atoms. The molecule has 0 radical (unpaired) electrons. The van der Waals surface area contributed by atoms with Crippen molar-refractivity contribution in [3.8, 4) is 11.8 Å². The zero-order chi connectivity index (χ0) is 43.8. The quantitative estimate of drug-likeness (QED) is 0.0572. The van der Waals surface area contributed by atoms with Crippen LogP contribution >= 0.6 is 0 Å². The number of amides is 2. The van der Waals surface area contributed by atoms with E-state index < -0.39 is 70.1 Å². The third-order valence-corrected chi connectivity index (χ3v) is 19.2. The van der Waals surface area contributed by atoms with Crippen LogP contribution in [0.15, 0.2) is 11.0 Å². The maximum absolute atomic E-state index is 13.2. The Labute approximate surface area is 342 Å². The topological polar surface area (TPSA) is 192 Å². The maximum Gasteiger partial charge on any atom is 0.408 e. The monoisotopic (exact) mass is 837 g/mol. The fourth-order valence-electron chi connectivity index (χ4n) is 5.01. The van der Waals surface area contributed by atoms with E-state index in [4.69, 9.17) is 33.5 Å². The van der Waals surface area contributed by atoms with Gasteiger partial charge in [-0.25, -0.2) is 19.2 Å². The van der Waals surface area contributed by atoms with Crippen LogP contribution in [0.5, 0.6) is 0 Å². The molecule has 1 aromatic heterocycles. The van der Waals surface area contributed by atoms with Crippen molar-refractivity contribution in [2.45, 2.75) is 181 Å². The Bertz CT molecular complexity index is 1660. The molecule has 57 heavy (non-hydrogen) atoms. The molecule has 15 nitrogen and oxygen atoms in total. The van der Waals surface area contributed by atoms with E-state index in [0.717, 1.165) is 0 Å². The fourth-order valence-corrected chi connectivity index (χ4v) is 7.38. The van der Waals surface area contributed by atoms with E-state index in [2.05, 4.69) is 95.2 Å². The first-order chi connectivity index (χ1) is 25.8. The molecule has 1 aromatic rings. The highest BCUT2D eigenvalue weighted by atomic mass is 28.4. The summed E-state index contributed by atoms with van der Waals surface area (Å²) in [4.78, 5) is 54.9. The molecule has 0 aliphatic carbocycles. The second-order valence-electron chi connectivity index (χ2n) is 19.6. The van der Waals surface area contributed by atoms with Crippen LogP contribution in [0.25, 0.3) is 0 Å². The number of nitrogen functional groups attached to an aromatic ring is 1. The first kappa shape index (κ1) is 49.7. The van der Waals surface area contributed by atoms with Crippen molar-refractivity contribution >= 4 is 40.6 Å². The van der Waals surface area contributed by atoms with Crippen LogP contribution in [0, 0.1) is 11.8 Å². The van der Waals surface area contributed by atoms with Gasteiger partial charge < -0.3 is 44.2 Å². The number of nitrogens with two attached hydrogens (primary N) is 1. The van der Waals surface area contributed by atoms with E-state index in [1.165, 1.54) is 10.8 Å². The lowest BCUT2D eigenvalue weighted by molar-refractivity contribution is -0.144. The number of ether oxygens (including phenoxy) is 4. The summed E-state index contributed by atoms with van der Waals surface area (Å²) in [5.41, 5.74) is 4.37. The summed E-state index contributed by atoms with van der Waals surface area (Å²) in [6.07, 6.45) is 0.347. The lowest BCUT2D eigenvalue weighted by Crippen LogP contribution is -2.48. The molecule has 4 N–H and O–H groups in total. The number of nitrogens with one attached hydrogen (secondary N) is 2. The van der Waals surface area contributed by atoms with Crippen molar-refractivity contribution in [2.24, 2.45) is 0 Å². The highest BCUT2D eigenvalue weighted by Gasteiger charge is 2.47. The van der Waals surface area contributed by atoms with E-state index in [-0.39, 0.29) is 40.6 Å². The van der Waals surface area contributed by atoms with Crippen LogP contribution in [0.1, 0.15) is 121 Å². The summed E-state index contributed by atoms with van der Waals surface area (Å²) in [7, 11) is -4.35. The number of aromatic nitrogens is 2. The number of carbonyl (C=O) groups is 3. The number of hydrogen-bond acceptors (Lipinski definition) is 12. The van der Waals surface area contributed by atoms with Crippen molar-refractivity contribution in [3.05, 3.63) is 22.2 Å². The number of rotatable bonds is 14. The Kier molecular flexibility index (Phi) is 17.0. The number of esters is 1. The minimum absolute atomic E-state index is 0.00179. The van der Waals surface area contributed by atoms with Gasteiger partial charge in [0.05, 0.1) is 18.3 Å². The van der Waals surface area contributed by atoms with Crippen LogP contribution in [0.2, 0.25) is 36.3 Å². The molecule has 0 bridgehead atoms. The average Bonchev–Trinajstić information content (AvgIpc) is 3.40. The predicted molar refractivity (Wildman–Crippen MR) is 226 cm³/mol. The normalized spacial score (nSPS) is 18.6. The fraction of sp³-hybridized carbons (Fsp3) is 0.775. The van der Waals surface area contributed by atoms with E-state index in [9.17, 15) is 19.2 Å². The highest BCUT2D eigenvalue weighted by Crippen LogP contribution is 2.42. The summed E-state index contributed by atoms with van der Waals surface area (Å²) in [5.74, 6) is 4.84. The second kappa shape index (κ2) is 19.5. The molecule has 324 valence electrons. The molecule has 2 heterocycles. The van der Waals surface area contributed by atoms with Gasteiger partial charge in [0.25, 0.3) is 0 Å². The van der Waals surface area contributed by atoms with Gasteiger partial charge in [0, 0.05) is 19.2 Å². The van der Waals surface area contributed by atoms with Crippen molar-refractivity contribution in [3.63, 3.8) is 0 Å². The van der Waals surface area contributed by atoms with Crippen molar-refractivity contribution in [2.75, 3.05) is 25.5 Å². The third kappa shape index (κ3) is 16.4. The van der Waals surface area contributed by atoms with Crippen LogP contribution in [-0.4, -0.2) is 93.6 Å². The van der Waals surface area contributed by atoms with Crippen LogP contribution < -0.4 is 22.1 Å². The van der Waals surface area contributed by atoms with Gasteiger partial charge in [-0.2, -0.15) is 4.98 Å². The van der Waals surface area contributed by atoms with Gasteiger partial charge >= 0.3 is 23.8 Å². The number of anilines is 1. The third-order valence-electron chi connectivity index (χ3n) is 10.2. The lowest BCUT2D eigenvalue weighted by Gasteiger charge is -2.40. The molecule has 2 amide bonds. The number of unbranched alkanes of at least 4 members (excludes halogenated alkanes) is 1. The standard InChI is InChI=1S/C40H71N5O10Si2/c1-37(2,3)53-35(48)42-22-18-17-21-28(43-36(49)54-38(4,5)6)33(46)50-23-19-20-27-25-45(34(47)44-32(27)41)31-24-29(55-57(15,16)40(10,11)12)30(52-31)26-51-56(13,14)39(7,8)9/h25,28-31H,17-18,21-24,26H2,1-16H3,(H,42,48)(H,43,49)(H2,41,44,47)/t28?,29?,30-,31-/m1/s1. The van der Waals surface area contributed by atoms with Gasteiger partial charge in [0.15, 0.2) is 23.2 Å². The van der Waals surface area contributed by atoms with Gasteiger partial charge in [-0.15, -0.1) is 0 Å². The minimum atomic E-state index is -2.23. The lowest BCUT2D eigenvalue weighted by atomic mass is 10.1. The molecule has 1 fully saturated rings. The van der Waals surface area contributed by atoms with E-state index in [1.807, 2.05) is 0 Å². The molecule has 2 rings (SSSR count). The van der Waals surface area contributed by atoms with Gasteiger partial charge in [-0.05, 0) is 97.1 Å². The van der Waals surface area contributed by atoms with Gasteiger partial charge in [0.1, 0.15) is 35.4 Å². The van der Waals surface area contributed by atoms with Crippen molar-refractivity contribution in [1.82, 2.24) is 20.2 Å². The second-order valence-corrected chi connectivity index (χ2v) is 29.2. The summed E-state index contributed by atoms with van der Waals surface area (Å²) < 4.78 is 37.3. The number of carbonyl (C=O) groups excluding carboxylic acids is 3. The SMILES string of the molecule is CC(C)(C)OC(=O)NCCCCC(NC(=O)OC(C)(C)C)C(=O)OCC#Cc1cn([C@H]2CC(O[Si](C)(C)C(C)(C)C)[C@@H](CO[Si](C)(C)C(C)(C)C)O2)c(=O)nc1N. The molecule has 2 unspecified atom stereocenters. The Morgan fingerprint density at radius 3 is 2.07 bits per heavy atom. The molecule has 1 aliphatic rings. The number of hydrogen-bond donors (Lipinski definition) is 3. The number of alkyl carbamates (subject to hydrolysis) is 2.